The minimum atomic E-state index is 0.384. The van der Waals surface area contributed by atoms with E-state index in [1.54, 1.807) is 0 Å². The quantitative estimate of drug-likeness (QED) is 0.698. The second-order valence-corrected chi connectivity index (χ2v) is 7.75. The molecule has 1 aliphatic heterocycles. The number of rotatable bonds is 4. The van der Waals surface area contributed by atoms with Crippen LogP contribution in [0.4, 0.5) is 0 Å². The fourth-order valence-electron chi connectivity index (χ4n) is 2.44. The molecule has 2 aliphatic rings. The zero-order valence-electron chi connectivity index (χ0n) is 10.9. The average Bonchev–Trinajstić information content (AvgIpc) is 2.41. The average molecular weight is 272 g/mol. The molecule has 1 nitrogen and oxygen atoms in total. The molecule has 0 aromatic rings. The molecule has 0 radical (unpaired) electrons. The summed E-state index contributed by atoms with van der Waals surface area (Å²) in [6, 6.07) is 0. The Morgan fingerprint density at radius 3 is 2.71 bits per heavy atom. The van der Waals surface area contributed by atoms with Crippen LogP contribution in [0.1, 0.15) is 45.4 Å². The van der Waals surface area contributed by atoms with Crippen LogP contribution in [0.3, 0.4) is 0 Å². The smallest absolute Gasteiger partial charge is 0.103 e. The van der Waals surface area contributed by atoms with Crippen LogP contribution in [-0.4, -0.2) is 28.6 Å². The molecule has 0 amide bonds. The summed E-state index contributed by atoms with van der Waals surface area (Å²) < 4.78 is 6.29. The van der Waals surface area contributed by atoms with Gasteiger partial charge in [-0.3, -0.25) is 0 Å². The second-order valence-electron chi connectivity index (χ2n) is 5.09. The molecular formula is C14H24OS2. The predicted molar refractivity (Wildman–Crippen MR) is 79.9 cm³/mol. The minimum Gasteiger partial charge on any atom is -0.500 e. The first-order valence-electron chi connectivity index (χ1n) is 6.86. The summed E-state index contributed by atoms with van der Waals surface area (Å²) in [5.74, 6) is 3.86. The van der Waals surface area contributed by atoms with Gasteiger partial charge in [-0.25, -0.2) is 0 Å². The highest BCUT2D eigenvalue weighted by Gasteiger charge is 2.32. The standard InChI is InChI=1S/C14H24OS2/c1-2-14(12-16-8-9-17-14)11-15-10-13-6-4-3-5-7-13/h10H,2-9,11-12H2,1H3. The number of hydrogen-bond donors (Lipinski definition) is 0. The lowest BCUT2D eigenvalue weighted by Crippen LogP contribution is -2.36. The topological polar surface area (TPSA) is 9.23 Å². The van der Waals surface area contributed by atoms with Crippen LogP contribution in [0.15, 0.2) is 11.8 Å². The molecule has 0 spiro atoms. The van der Waals surface area contributed by atoms with Gasteiger partial charge >= 0.3 is 0 Å². The molecule has 0 aromatic heterocycles. The molecular weight excluding hydrogens is 248 g/mol. The van der Waals surface area contributed by atoms with Crippen LogP contribution in [0.5, 0.6) is 0 Å². The maximum absolute atomic E-state index is 5.91. The molecule has 1 saturated heterocycles. The van der Waals surface area contributed by atoms with Gasteiger partial charge in [0, 0.05) is 17.3 Å². The van der Waals surface area contributed by atoms with Crippen molar-refractivity contribution >= 4 is 23.5 Å². The molecule has 1 saturated carbocycles. The van der Waals surface area contributed by atoms with E-state index in [2.05, 4.69) is 36.7 Å². The normalized spacial score (nSPS) is 30.1. The Morgan fingerprint density at radius 1 is 1.24 bits per heavy atom. The van der Waals surface area contributed by atoms with E-state index in [1.807, 2.05) is 0 Å². The van der Waals surface area contributed by atoms with Crippen LogP contribution >= 0.6 is 23.5 Å². The lowest BCUT2D eigenvalue weighted by molar-refractivity contribution is 0.213. The van der Waals surface area contributed by atoms with Gasteiger partial charge in [0.1, 0.15) is 6.61 Å². The zero-order valence-corrected chi connectivity index (χ0v) is 12.5. The summed E-state index contributed by atoms with van der Waals surface area (Å²) >= 11 is 4.21. The van der Waals surface area contributed by atoms with Gasteiger partial charge in [0.05, 0.1) is 11.0 Å². The first-order chi connectivity index (χ1) is 8.35. The van der Waals surface area contributed by atoms with Gasteiger partial charge in [0.2, 0.25) is 0 Å². The molecule has 2 rings (SSSR count). The number of thioether (sulfide) groups is 2. The molecule has 98 valence electrons. The third kappa shape index (κ3) is 4.13. The van der Waals surface area contributed by atoms with Crippen molar-refractivity contribution in [2.75, 3.05) is 23.9 Å². The van der Waals surface area contributed by atoms with Gasteiger partial charge in [-0.2, -0.15) is 11.8 Å². The van der Waals surface area contributed by atoms with Crippen molar-refractivity contribution in [2.45, 2.75) is 50.2 Å². The molecule has 17 heavy (non-hydrogen) atoms. The van der Waals surface area contributed by atoms with Crippen LogP contribution in [-0.2, 0) is 4.74 Å². The summed E-state index contributed by atoms with van der Waals surface area (Å²) in [7, 11) is 0. The molecule has 0 bridgehead atoms. The van der Waals surface area contributed by atoms with Gasteiger partial charge in [0.25, 0.3) is 0 Å². The van der Waals surface area contributed by atoms with Crippen LogP contribution in [0, 0.1) is 0 Å². The van der Waals surface area contributed by atoms with Crippen molar-refractivity contribution in [3.05, 3.63) is 11.8 Å². The Hall–Kier alpha value is 0.240. The van der Waals surface area contributed by atoms with Crippen molar-refractivity contribution < 1.29 is 4.74 Å². The van der Waals surface area contributed by atoms with E-state index in [0.29, 0.717) is 4.75 Å². The number of ether oxygens (including phenoxy) is 1. The van der Waals surface area contributed by atoms with Gasteiger partial charge in [-0.1, -0.05) is 13.3 Å². The maximum atomic E-state index is 5.91. The SMILES string of the molecule is CCC1(COC=C2CCCCC2)CSCCS1. The van der Waals surface area contributed by atoms with Gasteiger partial charge in [-0.05, 0) is 37.7 Å². The Kier molecular flexibility index (Phi) is 5.61. The Bertz CT molecular complexity index is 249. The Labute approximate surface area is 114 Å². The highest BCUT2D eigenvalue weighted by Crippen LogP contribution is 2.38. The van der Waals surface area contributed by atoms with Gasteiger partial charge in [-0.15, -0.1) is 11.8 Å². The first-order valence-corrected chi connectivity index (χ1v) is 9.00. The third-order valence-corrected chi connectivity index (χ3v) is 7.00. The van der Waals surface area contributed by atoms with Crippen molar-refractivity contribution in [1.82, 2.24) is 0 Å². The maximum Gasteiger partial charge on any atom is 0.103 e. The Balaban J connectivity index is 1.78. The summed E-state index contributed by atoms with van der Waals surface area (Å²) in [5, 5.41) is 0. The third-order valence-electron chi connectivity index (χ3n) is 3.74. The monoisotopic (exact) mass is 272 g/mol. The molecule has 3 heteroatoms. The van der Waals surface area contributed by atoms with Crippen molar-refractivity contribution in [2.24, 2.45) is 0 Å². The molecule has 0 N–H and O–H groups in total. The molecule has 0 aromatic carbocycles. The van der Waals surface area contributed by atoms with E-state index >= 15 is 0 Å². The number of hydrogen-bond acceptors (Lipinski definition) is 3. The predicted octanol–water partition coefficient (Wildman–Crippen LogP) is 4.48. The summed E-state index contributed by atoms with van der Waals surface area (Å²) in [6.07, 6.45) is 9.96. The summed E-state index contributed by atoms with van der Waals surface area (Å²) in [4.78, 5) is 0. The van der Waals surface area contributed by atoms with Gasteiger partial charge in [0.15, 0.2) is 0 Å². The van der Waals surface area contributed by atoms with E-state index < -0.39 is 0 Å². The highest BCUT2D eigenvalue weighted by atomic mass is 32.2. The van der Waals surface area contributed by atoms with E-state index in [-0.39, 0.29) is 0 Å². The minimum absolute atomic E-state index is 0.384. The van der Waals surface area contributed by atoms with Crippen LogP contribution in [0.2, 0.25) is 0 Å². The van der Waals surface area contributed by atoms with Crippen LogP contribution in [0.25, 0.3) is 0 Å². The second kappa shape index (κ2) is 6.98. The fourth-order valence-corrected chi connectivity index (χ4v) is 5.42. The molecule has 1 heterocycles. The lowest BCUT2D eigenvalue weighted by Gasteiger charge is -2.34. The Morgan fingerprint density at radius 2 is 2.06 bits per heavy atom. The summed E-state index contributed by atoms with van der Waals surface area (Å²) in [5.41, 5.74) is 1.54. The van der Waals surface area contributed by atoms with Crippen molar-refractivity contribution in [3.63, 3.8) is 0 Å². The van der Waals surface area contributed by atoms with E-state index in [4.69, 9.17) is 4.74 Å². The molecule has 2 fully saturated rings. The lowest BCUT2D eigenvalue weighted by atomic mass is 9.96. The van der Waals surface area contributed by atoms with Gasteiger partial charge < -0.3 is 4.74 Å². The zero-order chi connectivity index (χ0) is 12.0. The van der Waals surface area contributed by atoms with E-state index in [9.17, 15) is 0 Å². The van der Waals surface area contributed by atoms with Crippen molar-refractivity contribution in [1.29, 1.82) is 0 Å². The van der Waals surface area contributed by atoms with Crippen LogP contribution < -0.4 is 0 Å². The molecule has 1 atom stereocenters. The first kappa shape index (κ1) is 13.7. The van der Waals surface area contributed by atoms with E-state index in [0.717, 1.165) is 6.61 Å². The molecule has 1 unspecified atom stereocenters. The van der Waals surface area contributed by atoms with E-state index in [1.165, 1.54) is 61.4 Å². The fraction of sp³-hybridized carbons (Fsp3) is 0.857. The number of allylic oxidation sites excluding steroid dienone is 1. The van der Waals surface area contributed by atoms with Crippen molar-refractivity contribution in [3.8, 4) is 0 Å². The highest BCUT2D eigenvalue weighted by molar-refractivity contribution is 8.07. The molecule has 1 aliphatic carbocycles. The largest absolute Gasteiger partial charge is 0.500 e. The summed E-state index contributed by atoms with van der Waals surface area (Å²) in [6.45, 7) is 3.21.